The Kier molecular flexibility index (Phi) is 31.4. The van der Waals surface area contributed by atoms with Crippen molar-refractivity contribution in [1.82, 2.24) is 21.3 Å². The quantitative estimate of drug-likeness (QED) is 0.0447. The van der Waals surface area contributed by atoms with Crippen LogP contribution >= 0.6 is 0 Å². The molecule has 0 radical (unpaired) electrons. The first kappa shape index (κ1) is 58.3. The highest BCUT2D eigenvalue weighted by molar-refractivity contribution is 5.74. The second-order valence-corrected chi connectivity index (χ2v) is 16.2. The molecule has 0 amide bonds. The van der Waals surface area contributed by atoms with E-state index >= 15 is 0 Å². The lowest BCUT2D eigenvalue weighted by Crippen LogP contribution is -2.42. The van der Waals surface area contributed by atoms with Gasteiger partial charge in [0.1, 0.15) is 18.1 Å². The number of nitrogens with one attached hydrogen (secondary N) is 4. The Morgan fingerprint density at radius 1 is 0.492 bits per heavy atom. The molecular weight excluding hydrogens is 775 g/mol. The van der Waals surface area contributed by atoms with E-state index in [4.69, 9.17) is 26.2 Å². The molecule has 3 aromatic carbocycles. The van der Waals surface area contributed by atoms with E-state index in [1.165, 1.54) is 5.56 Å². The minimum absolute atomic E-state index is 0. The topological polar surface area (TPSA) is 223 Å². The van der Waals surface area contributed by atoms with E-state index in [1.54, 1.807) is 19.1 Å². The predicted molar refractivity (Wildman–Crippen MR) is 249 cm³/mol. The van der Waals surface area contributed by atoms with Gasteiger partial charge in [0.15, 0.2) is 0 Å². The van der Waals surface area contributed by atoms with E-state index < -0.39 is 36.0 Å². The van der Waals surface area contributed by atoms with Gasteiger partial charge in [0.25, 0.3) is 0 Å². The van der Waals surface area contributed by atoms with Gasteiger partial charge in [-0.25, -0.2) is 0 Å². The van der Waals surface area contributed by atoms with E-state index in [1.807, 2.05) is 109 Å². The van der Waals surface area contributed by atoms with Crippen molar-refractivity contribution in [1.29, 1.82) is 0 Å². The van der Waals surface area contributed by atoms with Crippen molar-refractivity contribution in [3.8, 4) is 0 Å². The van der Waals surface area contributed by atoms with Crippen molar-refractivity contribution in [3.05, 3.63) is 102 Å². The second-order valence-electron chi connectivity index (χ2n) is 16.2. The van der Waals surface area contributed by atoms with Crippen molar-refractivity contribution in [2.75, 3.05) is 5.73 Å². The number of hydrogen-bond donors (Lipinski definition) is 9. The summed E-state index contributed by atoms with van der Waals surface area (Å²) in [6.07, 6.45) is 4.12. The second kappa shape index (κ2) is 32.9. The Morgan fingerprint density at radius 2 is 0.836 bits per heavy atom. The lowest BCUT2D eigenvalue weighted by Gasteiger charge is -2.23. The van der Waals surface area contributed by atoms with Gasteiger partial charge in [0, 0.05) is 35.9 Å². The molecule has 344 valence electrons. The van der Waals surface area contributed by atoms with Gasteiger partial charge in [-0.2, -0.15) is 0 Å². The number of nitrogen functional groups attached to an aromatic ring is 1. The summed E-state index contributed by atoms with van der Waals surface area (Å²) in [5.74, 6) is -3.41. The number of rotatable bonds is 22. The lowest BCUT2D eigenvalue weighted by atomic mass is 9.95. The van der Waals surface area contributed by atoms with Crippen LogP contribution in [0.2, 0.25) is 0 Å². The Hall–Kier alpha value is -4.82. The highest BCUT2D eigenvalue weighted by atomic mass is 16.4. The number of carboxylic acid groups (broad SMARTS) is 4. The van der Waals surface area contributed by atoms with Crippen LogP contribution in [0.4, 0.5) is 5.69 Å². The molecule has 13 nitrogen and oxygen atoms in total. The molecule has 0 saturated carbocycles. The molecule has 0 heterocycles. The fraction of sp³-hybridized carbons (Fsp3) is 0.542. The molecule has 3 rings (SSSR count). The number of benzene rings is 3. The minimum atomic E-state index is -0.828. The van der Waals surface area contributed by atoms with Gasteiger partial charge >= 0.3 is 23.9 Å². The first-order chi connectivity index (χ1) is 28.1. The molecule has 0 unspecified atom stereocenters. The normalized spacial score (nSPS) is 13.1. The molecule has 0 fully saturated rings. The molecule has 10 N–H and O–H groups in total. The molecule has 0 spiro atoms. The van der Waals surface area contributed by atoms with Crippen LogP contribution in [0.1, 0.15) is 113 Å². The summed E-state index contributed by atoms with van der Waals surface area (Å²) in [6.45, 7) is 19.6. The van der Waals surface area contributed by atoms with Crippen LogP contribution in [-0.2, 0) is 38.4 Å². The van der Waals surface area contributed by atoms with E-state index in [0.717, 1.165) is 24.0 Å². The lowest BCUT2D eigenvalue weighted by molar-refractivity contribution is -0.142. The molecule has 0 aliphatic carbocycles. The van der Waals surface area contributed by atoms with Gasteiger partial charge in [0.2, 0.25) is 0 Å². The summed E-state index contributed by atoms with van der Waals surface area (Å²) < 4.78 is 0. The van der Waals surface area contributed by atoms with Gasteiger partial charge in [0.05, 0.1) is 5.92 Å². The molecule has 0 aliphatic rings. The predicted octanol–water partition coefficient (Wildman–Crippen LogP) is 7.52. The number of nitrogens with two attached hydrogens (primary N) is 1. The maximum absolute atomic E-state index is 11.0. The van der Waals surface area contributed by atoms with Crippen molar-refractivity contribution < 1.29 is 39.6 Å². The highest BCUT2D eigenvalue weighted by Gasteiger charge is 2.21. The zero-order valence-corrected chi connectivity index (χ0v) is 37.5. The number of aliphatic carboxylic acids is 4. The number of carboxylic acids is 4. The standard InChI is InChI=1S/C15H23NO2.C12H18N2O2.C12H17NO2.C8H17NO2.CH4/c1-11(2)16-14(9-12(3)15(17)18)10-13-7-5-4-6-8-13;1-8(2)14-11(12(15)16)7-9-3-5-10(13)6-4-9;1-9(2)13-11(12(14)15)8-10-6-4-3-5-7-10;1-4-5-7(8(10)11)9-6(2)3;/h4-8,11-12,14,16H,9-10H2,1-3H3,(H,17,18);3-6,8,11,14H,7,13H2,1-2H3,(H,15,16);3-7,9,11,13H,8H2,1-2H3,(H,14,15);6-7,9H,4-5H2,1-3H3,(H,10,11);1H4/t12-,14+;2*11-;7-;/m0000./s1. The van der Waals surface area contributed by atoms with Gasteiger partial charge in [-0.15, -0.1) is 0 Å². The van der Waals surface area contributed by atoms with Crippen LogP contribution in [-0.4, -0.2) is 92.6 Å². The average Bonchev–Trinajstić information content (AvgIpc) is 3.15. The van der Waals surface area contributed by atoms with Crippen LogP contribution in [0.25, 0.3) is 0 Å². The zero-order valence-electron chi connectivity index (χ0n) is 37.5. The van der Waals surface area contributed by atoms with E-state index in [2.05, 4.69) is 47.2 Å². The van der Waals surface area contributed by atoms with Gasteiger partial charge in [-0.1, -0.05) is 156 Å². The fourth-order valence-corrected chi connectivity index (χ4v) is 6.06. The van der Waals surface area contributed by atoms with E-state index in [9.17, 15) is 19.2 Å². The summed E-state index contributed by atoms with van der Waals surface area (Å²) in [7, 11) is 0. The van der Waals surface area contributed by atoms with E-state index in [-0.39, 0.29) is 43.6 Å². The minimum Gasteiger partial charge on any atom is -0.481 e. The third kappa shape index (κ3) is 30.0. The molecule has 61 heavy (non-hydrogen) atoms. The van der Waals surface area contributed by atoms with Crippen LogP contribution in [0.3, 0.4) is 0 Å². The number of carbonyl (C=O) groups is 4. The Bertz CT molecular complexity index is 1610. The Morgan fingerprint density at radius 3 is 1.16 bits per heavy atom. The van der Waals surface area contributed by atoms with E-state index in [0.29, 0.717) is 37.4 Å². The molecule has 5 atom stereocenters. The van der Waals surface area contributed by atoms with Crippen molar-refractivity contribution >= 4 is 29.6 Å². The smallest absolute Gasteiger partial charge is 0.321 e. The highest BCUT2D eigenvalue weighted by Crippen LogP contribution is 2.13. The van der Waals surface area contributed by atoms with Crippen LogP contribution in [0.15, 0.2) is 84.9 Å². The first-order valence-electron chi connectivity index (χ1n) is 21.0. The first-order valence-corrected chi connectivity index (χ1v) is 21.0. The third-order valence-electron chi connectivity index (χ3n) is 8.73. The van der Waals surface area contributed by atoms with Gasteiger partial charge < -0.3 is 47.4 Å². The third-order valence-corrected chi connectivity index (χ3v) is 8.73. The Labute approximate surface area is 366 Å². The SMILES string of the molecule is C.CC(C)N[C@@H](Cc1ccc(N)cc1)C(=O)O.CC(C)N[C@@H](Cc1ccccc1)C(=O)O.CC(C)N[C@@H](Cc1ccccc1)C[C@H](C)C(=O)O.CCC[C@H](NC(C)C)C(=O)O. The molecule has 0 bridgehead atoms. The van der Waals surface area contributed by atoms with Crippen LogP contribution < -0.4 is 27.0 Å². The Balaban J connectivity index is 0. The molecule has 13 heteroatoms. The van der Waals surface area contributed by atoms with Crippen molar-refractivity contribution in [2.24, 2.45) is 5.92 Å². The zero-order chi connectivity index (χ0) is 45.8. The van der Waals surface area contributed by atoms with Crippen LogP contribution in [0, 0.1) is 5.92 Å². The van der Waals surface area contributed by atoms with Crippen molar-refractivity contribution in [2.45, 2.75) is 164 Å². The van der Waals surface area contributed by atoms with Gasteiger partial charge in [-0.05, 0) is 60.9 Å². The molecule has 0 saturated heterocycles. The van der Waals surface area contributed by atoms with Crippen LogP contribution in [0.5, 0.6) is 0 Å². The van der Waals surface area contributed by atoms with Gasteiger partial charge in [-0.3, -0.25) is 19.2 Å². The molecular formula is C48H79N5O8. The maximum atomic E-state index is 11.0. The summed E-state index contributed by atoms with van der Waals surface area (Å²) in [5.41, 5.74) is 9.50. The molecule has 3 aromatic rings. The summed E-state index contributed by atoms with van der Waals surface area (Å²) in [4.78, 5) is 43.5. The van der Waals surface area contributed by atoms with Crippen molar-refractivity contribution in [3.63, 3.8) is 0 Å². The fourth-order valence-electron chi connectivity index (χ4n) is 6.06. The molecule has 0 aliphatic heterocycles. The summed E-state index contributed by atoms with van der Waals surface area (Å²) in [5, 5.41) is 48.2. The number of hydrogen-bond acceptors (Lipinski definition) is 9. The summed E-state index contributed by atoms with van der Waals surface area (Å²) in [6, 6.07) is 26.8. The average molecular weight is 854 g/mol. The largest absolute Gasteiger partial charge is 0.481 e. The number of anilines is 1. The summed E-state index contributed by atoms with van der Waals surface area (Å²) >= 11 is 0. The maximum Gasteiger partial charge on any atom is 0.321 e. The molecule has 0 aromatic heterocycles. The monoisotopic (exact) mass is 854 g/mol.